The van der Waals surface area contributed by atoms with E-state index in [2.05, 4.69) is 0 Å². The fourth-order valence-electron chi connectivity index (χ4n) is 0. The van der Waals surface area contributed by atoms with Gasteiger partial charge < -0.3 is 50.8 Å². The molecule has 0 aromatic carbocycles. The molecule has 0 spiro atoms. The van der Waals surface area contributed by atoms with Crippen molar-refractivity contribution in [2.75, 3.05) is 0 Å². The van der Waals surface area contributed by atoms with E-state index in [9.17, 15) is 0 Å². The zero-order valence-corrected chi connectivity index (χ0v) is 7.83. The first-order valence-electron chi connectivity index (χ1n) is 0.775. The molecule has 15 N–H and O–H groups in total. The van der Waals surface area contributed by atoms with Gasteiger partial charge in [-0.25, -0.2) is 0 Å². The molecule has 0 atom stereocenters. The summed E-state index contributed by atoms with van der Waals surface area (Å²) in [6, 6.07) is 0. The van der Waals surface area contributed by atoms with Crippen molar-refractivity contribution in [3.8, 4) is 0 Å². The van der Waals surface area contributed by atoms with Crippen molar-refractivity contribution >= 4 is 45.1 Å². The van der Waals surface area contributed by atoms with E-state index in [0.717, 1.165) is 0 Å². The van der Waals surface area contributed by atoms with Gasteiger partial charge in [-0.2, -0.15) is 0 Å². The average Bonchev–Trinajstić information content (AvgIpc) is 0.811. The second-order valence-corrected chi connectivity index (χ2v) is 0.346. The number of rotatable bonds is 0. The summed E-state index contributed by atoms with van der Waals surface area (Å²) in [5.74, 6) is 0. The van der Waals surface area contributed by atoms with Crippen molar-refractivity contribution in [1.82, 2.24) is 0 Å². The van der Waals surface area contributed by atoms with E-state index in [-0.39, 0.29) is 73.4 Å². The third kappa shape index (κ3) is 947. The first kappa shape index (κ1) is 91.5. The summed E-state index contributed by atoms with van der Waals surface area (Å²) in [7, 11) is -2.17. The molecule has 0 saturated carbocycles. The van der Waals surface area contributed by atoms with Gasteiger partial charge in [-0.05, 0) is 0 Å². The SMILES string of the molecule is O.O.O.O.O.O.OB(O)O.[Ca+2].[H-].[H-]. The molecule has 0 heterocycles. The van der Waals surface area contributed by atoms with Gasteiger partial charge in [0.05, 0.1) is 0 Å². The van der Waals surface area contributed by atoms with Crippen LogP contribution in [0.2, 0.25) is 0 Å². The zero-order valence-electron chi connectivity index (χ0n) is 7.63. The smallest absolute Gasteiger partial charge is 1.00 e. The number of hydrogen-bond donors (Lipinski definition) is 3. The Balaban J connectivity index is -0.00000000125. The fraction of sp³-hybridized carbons (Fsp3) is 0. The molecule has 76 valence electrons. The van der Waals surface area contributed by atoms with E-state index in [0.29, 0.717) is 0 Å². The van der Waals surface area contributed by atoms with Crippen molar-refractivity contribution in [2.45, 2.75) is 0 Å². The van der Waals surface area contributed by atoms with Gasteiger partial charge in [0, 0.05) is 0 Å². The van der Waals surface area contributed by atoms with E-state index in [1.165, 1.54) is 0 Å². The molecule has 11 heavy (non-hydrogen) atoms. The average molecular weight is 212 g/mol. The van der Waals surface area contributed by atoms with Crippen LogP contribution in [0, 0.1) is 0 Å². The quantitative estimate of drug-likeness (QED) is 0.331. The summed E-state index contributed by atoms with van der Waals surface area (Å²) in [4.78, 5) is 0. The van der Waals surface area contributed by atoms with Crippen molar-refractivity contribution in [3.63, 3.8) is 0 Å². The van der Waals surface area contributed by atoms with Crippen molar-refractivity contribution < 1.29 is 50.8 Å². The first-order chi connectivity index (χ1) is 1.73. The molecule has 0 aromatic heterocycles. The molecule has 0 aliphatic rings. The van der Waals surface area contributed by atoms with E-state index in [4.69, 9.17) is 15.1 Å². The van der Waals surface area contributed by atoms with Crippen LogP contribution >= 0.6 is 0 Å². The molecular weight excluding hydrogens is 195 g/mol. The van der Waals surface area contributed by atoms with Crippen LogP contribution in [0.15, 0.2) is 0 Å². The van der Waals surface area contributed by atoms with Gasteiger partial charge in [-0.3, -0.25) is 0 Å². The van der Waals surface area contributed by atoms with Crippen LogP contribution in [0.4, 0.5) is 0 Å². The molecular formula is H17BCaO9. The molecule has 11 heteroatoms. The Labute approximate surface area is 95.7 Å². The van der Waals surface area contributed by atoms with E-state index in [1.54, 1.807) is 0 Å². The summed E-state index contributed by atoms with van der Waals surface area (Å²) in [5, 5.41) is 21.5. The molecule has 0 fully saturated rings. The van der Waals surface area contributed by atoms with Crippen molar-refractivity contribution in [2.24, 2.45) is 0 Å². The minimum Gasteiger partial charge on any atom is -1.00 e. The molecule has 0 amide bonds. The van der Waals surface area contributed by atoms with E-state index in [1.807, 2.05) is 0 Å². The summed E-state index contributed by atoms with van der Waals surface area (Å²) < 4.78 is 0. The largest absolute Gasteiger partial charge is 2.00 e. The monoisotopic (exact) mass is 212 g/mol. The Kier molecular flexibility index (Phi) is 576. The van der Waals surface area contributed by atoms with Crippen LogP contribution in [-0.2, 0) is 0 Å². The van der Waals surface area contributed by atoms with Crippen molar-refractivity contribution in [3.05, 3.63) is 0 Å². The van der Waals surface area contributed by atoms with Crippen LogP contribution < -0.4 is 0 Å². The molecule has 9 nitrogen and oxygen atoms in total. The second-order valence-electron chi connectivity index (χ2n) is 0.346. The zero-order chi connectivity index (χ0) is 3.58. The van der Waals surface area contributed by atoms with Gasteiger partial charge in [-0.15, -0.1) is 0 Å². The standard InChI is InChI=1S/BH3O3.Ca.6H2O.2H/c2-1(3)4;;;;;;;;;/h2-4H;;6*1H2;;/q;+2;;;;;;;2*-1. The summed E-state index contributed by atoms with van der Waals surface area (Å²) in [6.07, 6.45) is 0. The third-order valence-corrected chi connectivity index (χ3v) is 0. The molecule has 0 rings (SSSR count). The van der Waals surface area contributed by atoms with E-state index >= 15 is 0 Å². The van der Waals surface area contributed by atoms with Crippen LogP contribution in [0.25, 0.3) is 0 Å². The Bertz CT molecular complexity index is 22.3. The van der Waals surface area contributed by atoms with Gasteiger partial charge in [0.15, 0.2) is 0 Å². The second kappa shape index (κ2) is 69.3. The normalized spacial score (nSPS) is 2.45. The van der Waals surface area contributed by atoms with Gasteiger partial charge >= 0.3 is 45.1 Å². The molecule has 0 aliphatic carbocycles. The predicted molar refractivity (Wildman–Crippen MR) is 42.1 cm³/mol. The van der Waals surface area contributed by atoms with Gasteiger partial charge in [-0.1, -0.05) is 0 Å². The molecule has 0 saturated heterocycles. The maximum absolute atomic E-state index is 7.17. The fourth-order valence-corrected chi connectivity index (χ4v) is 0. The number of hydrogen-bond acceptors (Lipinski definition) is 3. The molecule has 0 aliphatic heterocycles. The maximum atomic E-state index is 7.17. The Hall–Kier alpha value is 0.965. The predicted octanol–water partition coefficient (Wildman–Crippen LogP) is -7.16. The van der Waals surface area contributed by atoms with E-state index < -0.39 is 7.32 Å². The van der Waals surface area contributed by atoms with Crippen LogP contribution in [0.3, 0.4) is 0 Å². The molecule has 0 radical (unpaired) electrons. The molecule has 0 unspecified atom stereocenters. The Morgan fingerprint density at radius 1 is 0.636 bits per heavy atom. The Morgan fingerprint density at radius 3 is 0.636 bits per heavy atom. The summed E-state index contributed by atoms with van der Waals surface area (Å²) in [5.41, 5.74) is 0. The summed E-state index contributed by atoms with van der Waals surface area (Å²) >= 11 is 0. The third-order valence-electron chi connectivity index (χ3n) is 0. The van der Waals surface area contributed by atoms with Crippen molar-refractivity contribution in [1.29, 1.82) is 0 Å². The van der Waals surface area contributed by atoms with Gasteiger partial charge in [0.25, 0.3) is 0 Å². The van der Waals surface area contributed by atoms with Crippen LogP contribution in [0.5, 0.6) is 0 Å². The minimum atomic E-state index is -2.17. The topological polar surface area (TPSA) is 250 Å². The van der Waals surface area contributed by atoms with Crippen LogP contribution in [0.1, 0.15) is 2.85 Å². The summed E-state index contributed by atoms with van der Waals surface area (Å²) in [6.45, 7) is 0. The minimum absolute atomic E-state index is 0. The van der Waals surface area contributed by atoms with Gasteiger partial charge in [0.1, 0.15) is 0 Å². The van der Waals surface area contributed by atoms with Gasteiger partial charge in [0.2, 0.25) is 0 Å². The molecule has 0 aromatic rings. The first-order valence-corrected chi connectivity index (χ1v) is 0.775. The Morgan fingerprint density at radius 2 is 0.636 bits per heavy atom. The molecule has 0 bridgehead atoms. The maximum Gasteiger partial charge on any atom is 2.00 e. The van der Waals surface area contributed by atoms with Crippen LogP contribution in [-0.4, -0.2) is 93.0 Å².